The second kappa shape index (κ2) is 4.01. The van der Waals surface area contributed by atoms with Crippen molar-refractivity contribution in [3.8, 4) is 6.07 Å². The van der Waals surface area contributed by atoms with E-state index in [1.807, 2.05) is 19.9 Å². The number of benzene rings is 1. The first-order chi connectivity index (χ1) is 7.93. The van der Waals surface area contributed by atoms with E-state index in [9.17, 15) is 9.50 Å². The zero-order valence-corrected chi connectivity index (χ0v) is 9.87. The van der Waals surface area contributed by atoms with E-state index in [4.69, 9.17) is 5.26 Å². The molecular weight excluding hydrogens is 219 g/mol. The summed E-state index contributed by atoms with van der Waals surface area (Å²) in [5.74, 6) is -0.427. The molecule has 1 fully saturated rings. The van der Waals surface area contributed by atoms with Gasteiger partial charge in [-0.2, -0.15) is 5.26 Å². The van der Waals surface area contributed by atoms with Crippen LogP contribution in [0.1, 0.15) is 25.8 Å². The molecule has 0 aromatic heterocycles. The van der Waals surface area contributed by atoms with Crippen LogP contribution in [0.15, 0.2) is 18.2 Å². The summed E-state index contributed by atoms with van der Waals surface area (Å²) in [5.41, 5.74) is 0.663. The Bertz CT molecular complexity index is 479. The fourth-order valence-electron chi connectivity index (χ4n) is 2.09. The van der Waals surface area contributed by atoms with Gasteiger partial charge in [0.05, 0.1) is 17.7 Å². The molecule has 2 N–H and O–H groups in total. The van der Waals surface area contributed by atoms with Crippen LogP contribution in [0.4, 0.5) is 10.1 Å². The second-order valence-electron chi connectivity index (χ2n) is 5.11. The minimum atomic E-state index is -0.427. The summed E-state index contributed by atoms with van der Waals surface area (Å²) in [6.45, 7) is 3.92. The minimum Gasteiger partial charge on any atom is -0.392 e. The van der Waals surface area contributed by atoms with E-state index < -0.39 is 5.82 Å². The van der Waals surface area contributed by atoms with Crippen molar-refractivity contribution in [2.45, 2.75) is 32.4 Å². The molecule has 0 heterocycles. The fraction of sp³-hybridized carbons (Fsp3) is 0.462. The Hall–Kier alpha value is -1.60. The van der Waals surface area contributed by atoms with Crippen LogP contribution in [0, 0.1) is 22.6 Å². The number of nitrogens with one attached hydrogen (secondary N) is 1. The van der Waals surface area contributed by atoms with Crippen molar-refractivity contribution >= 4 is 5.69 Å². The second-order valence-corrected chi connectivity index (χ2v) is 5.11. The monoisotopic (exact) mass is 234 g/mol. The van der Waals surface area contributed by atoms with Crippen molar-refractivity contribution in [1.29, 1.82) is 5.26 Å². The van der Waals surface area contributed by atoms with Crippen molar-refractivity contribution in [1.82, 2.24) is 0 Å². The first-order valence-electron chi connectivity index (χ1n) is 5.59. The lowest BCUT2D eigenvalue weighted by Gasteiger charge is -2.49. The number of halogens is 1. The van der Waals surface area contributed by atoms with E-state index in [2.05, 4.69) is 5.32 Å². The van der Waals surface area contributed by atoms with Gasteiger partial charge in [0.25, 0.3) is 0 Å². The highest BCUT2D eigenvalue weighted by Gasteiger charge is 2.47. The SMILES string of the molecule is CC1(C)C(O)CC1Nc1cc(F)cc(C#N)c1. The molecule has 0 radical (unpaired) electrons. The number of aliphatic hydroxyl groups is 1. The molecule has 0 saturated heterocycles. The van der Waals surface area contributed by atoms with Crippen LogP contribution in [-0.4, -0.2) is 17.3 Å². The Balaban J connectivity index is 2.15. The lowest BCUT2D eigenvalue weighted by molar-refractivity contribution is -0.0510. The van der Waals surface area contributed by atoms with E-state index in [0.717, 1.165) is 0 Å². The van der Waals surface area contributed by atoms with Gasteiger partial charge in [0.15, 0.2) is 0 Å². The summed E-state index contributed by atoms with van der Waals surface area (Å²) < 4.78 is 13.2. The van der Waals surface area contributed by atoms with E-state index in [1.54, 1.807) is 6.07 Å². The van der Waals surface area contributed by atoms with Crippen LogP contribution in [-0.2, 0) is 0 Å². The van der Waals surface area contributed by atoms with Gasteiger partial charge < -0.3 is 10.4 Å². The largest absolute Gasteiger partial charge is 0.392 e. The third kappa shape index (κ3) is 2.11. The number of aliphatic hydroxyl groups excluding tert-OH is 1. The predicted molar refractivity (Wildman–Crippen MR) is 62.9 cm³/mol. The Kier molecular flexibility index (Phi) is 2.80. The molecule has 4 heteroatoms. The molecule has 2 rings (SSSR count). The maximum Gasteiger partial charge on any atom is 0.126 e. The topological polar surface area (TPSA) is 56.0 Å². The Morgan fingerprint density at radius 1 is 1.47 bits per heavy atom. The van der Waals surface area contributed by atoms with Gasteiger partial charge in [0.1, 0.15) is 5.82 Å². The summed E-state index contributed by atoms with van der Waals surface area (Å²) in [7, 11) is 0. The highest BCUT2D eigenvalue weighted by atomic mass is 19.1. The van der Waals surface area contributed by atoms with Gasteiger partial charge in [0, 0.05) is 17.1 Å². The molecule has 0 amide bonds. The molecule has 17 heavy (non-hydrogen) atoms. The molecule has 1 aliphatic carbocycles. The summed E-state index contributed by atoms with van der Waals surface area (Å²) in [6.07, 6.45) is 0.315. The molecule has 1 aromatic rings. The highest BCUT2D eigenvalue weighted by Crippen LogP contribution is 2.42. The fourth-order valence-corrected chi connectivity index (χ4v) is 2.09. The predicted octanol–water partition coefficient (Wildman–Crippen LogP) is 2.27. The average Bonchev–Trinajstić information content (AvgIpc) is 2.28. The van der Waals surface area contributed by atoms with Crippen molar-refractivity contribution < 1.29 is 9.50 Å². The Morgan fingerprint density at radius 3 is 2.71 bits per heavy atom. The van der Waals surface area contributed by atoms with Crippen molar-refractivity contribution in [2.24, 2.45) is 5.41 Å². The molecule has 0 bridgehead atoms. The Labute approximate surface area is 99.9 Å². The van der Waals surface area contributed by atoms with Crippen molar-refractivity contribution in [3.05, 3.63) is 29.6 Å². The van der Waals surface area contributed by atoms with E-state index in [1.165, 1.54) is 12.1 Å². The van der Waals surface area contributed by atoms with Gasteiger partial charge in [0.2, 0.25) is 0 Å². The molecule has 1 aromatic carbocycles. The smallest absolute Gasteiger partial charge is 0.126 e. The number of hydrogen-bond donors (Lipinski definition) is 2. The van der Waals surface area contributed by atoms with Gasteiger partial charge in [-0.15, -0.1) is 0 Å². The zero-order chi connectivity index (χ0) is 12.6. The first-order valence-corrected chi connectivity index (χ1v) is 5.59. The molecule has 0 spiro atoms. The number of nitrogens with zero attached hydrogens (tertiary/aromatic N) is 1. The highest BCUT2D eigenvalue weighted by molar-refractivity contribution is 5.51. The van der Waals surface area contributed by atoms with Gasteiger partial charge in [-0.3, -0.25) is 0 Å². The summed E-state index contributed by atoms with van der Waals surface area (Å²) >= 11 is 0. The number of hydrogen-bond acceptors (Lipinski definition) is 3. The maximum absolute atomic E-state index is 13.2. The van der Waals surface area contributed by atoms with Crippen LogP contribution < -0.4 is 5.32 Å². The van der Waals surface area contributed by atoms with Crippen LogP contribution in [0.3, 0.4) is 0 Å². The number of rotatable bonds is 2. The lowest BCUT2D eigenvalue weighted by Crippen LogP contribution is -2.56. The summed E-state index contributed by atoms with van der Waals surface area (Å²) in [4.78, 5) is 0. The Morgan fingerprint density at radius 2 is 2.18 bits per heavy atom. The summed E-state index contributed by atoms with van der Waals surface area (Å²) in [5, 5.41) is 21.5. The standard InChI is InChI=1S/C13H15FN2O/c1-13(2)11(6-12(13)17)16-10-4-8(7-15)3-9(14)5-10/h3-5,11-12,16-17H,6H2,1-2H3. The zero-order valence-electron chi connectivity index (χ0n) is 9.87. The van der Waals surface area contributed by atoms with Gasteiger partial charge >= 0.3 is 0 Å². The van der Waals surface area contributed by atoms with Gasteiger partial charge in [-0.25, -0.2) is 4.39 Å². The average molecular weight is 234 g/mol. The molecule has 3 nitrogen and oxygen atoms in total. The first kappa shape index (κ1) is 11.9. The van der Waals surface area contributed by atoms with Gasteiger partial charge in [-0.05, 0) is 24.6 Å². The van der Waals surface area contributed by atoms with E-state index in [0.29, 0.717) is 17.7 Å². The quantitative estimate of drug-likeness (QED) is 0.825. The normalized spacial score (nSPS) is 25.8. The minimum absolute atomic E-state index is 0.103. The third-order valence-electron chi connectivity index (χ3n) is 3.58. The van der Waals surface area contributed by atoms with Crippen LogP contribution in [0.5, 0.6) is 0 Å². The number of anilines is 1. The van der Waals surface area contributed by atoms with Crippen LogP contribution in [0.25, 0.3) is 0 Å². The molecule has 1 saturated carbocycles. The van der Waals surface area contributed by atoms with Gasteiger partial charge in [-0.1, -0.05) is 13.8 Å². The molecule has 2 atom stereocenters. The molecule has 1 aliphatic rings. The number of nitriles is 1. The lowest BCUT2D eigenvalue weighted by atomic mass is 9.64. The molecule has 2 unspecified atom stereocenters. The molecular formula is C13H15FN2O. The van der Waals surface area contributed by atoms with Crippen molar-refractivity contribution in [2.75, 3.05) is 5.32 Å². The van der Waals surface area contributed by atoms with E-state index in [-0.39, 0.29) is 17.6 Å². The molecule has 90 valence electrons. The summed E-state index contributed by atoms with van der Waals surface area (Å²) in [6, 6.07) is 6.20. The third-order valence-corrected chi connectivity index (χ3v) is 3.58. The van der Waals surface area contributed by atoms with E-state index >= 15 is 0 Å². The van der Waals surface area contributed by atoms with Crippen LogP contribution >= 0.6 is 0 Å². The van der Waals surface area contributed by atoms with Crippen LogP contribution in [0.2, 0.25) is 0 Å². The maximum atomic E-state index is 13.2. The molecule has 0 aliphatic heterocycles. The van der Waals surface area contributed by atoms with Crippen molar-refractivity contribution in [3.63, 3.8) is 0 Å².